The predicted molar refractivity (Wildman–Crippen MR) is 126 cm³/mol. The van der Waals surface area contributed by atoms with E-state index in [-0.39, 0.29) is 13.2 Å². The zero-order chi connectivity index (χ0) is 22.9. The monoisotopic (exact) mass is 492 g/mol. The summed E-state index contributed by atoms with van der Waals surface area (Å²) in [5.74, 6) is 1.18. The normalized spacial score (nSPS) is 10.8. The minimum atomic E-state index is -0.400. The fourth-order valence-electron chi connectivity index (χ4n) is 2.57. The van der Waals surface area contributed by atoms with Gasteiger partial charge in [-0.15, -0.1) is 0 Å². The second-order valence-corrected chi connectivity index (χ2v) is 7.75. The number of nitrogens with one attached hydrogen (secondary N) is 1. The Bertz CT molecular complexity index is 1100. The van der Waals surface area contributed by atoms with Crippen molar-refractivity contribution < 1.29 is 19.0 Å². The number of halogens is 3. The van der Waals surface area contributed by atoms with Crippen molar-refractivity contribution in [2.24, 2.45) is 5.10 Å². The average molecular weight is 494 g/mol. The van der Waals surface area contributed by atoms with Crippen LogP contribution in [0.2, 0.25) is 15.1 Å². The number of amides is 1. The van der Waals surface area contributed by atoms with E-state index in [1.807, 2.05) is 0 Å². The summed E-state index contributed by atoms with van der Waals surface area (Å²) in [6.07, 6.45) is 1.49. The molecular weight excluding hydrogens is 475 g/mol. The highest BCUT2D eigenvalue weighted by Crippen LogP contribution is 2.29. The number of nitrogens with zero attached hydrogens (tertiary/aromatic N) is 1. The number of rotatable bonds is 9. The molecule has 0 aliphatic carbocycles. The predicted octanol–water partition coefficient (Wildman–Crippen LogP) is 5.76. The molecule has 0 heterocycles. The van der Waals surface area contributed by atoms with Crippen molar-refractivity contribution in [3.8, 4) is 17.2 Å². The topological polar surface area (TPSA) is 69.2 Å². The van der Waals surface area contributed by atoms with E-state index in [1.54, 1.807) is 60.7 Å². The van der Waals surface area contributed by atoms with Crippen LogP contribution in [0.5, 0.6) is 17.2 Å². The summed E-state index contributed by atoms with van der Waals surface area (Å²) < 4.78 is 16.6. The maximum Gasteiger partial charge on any atom is 0.277 e. The highest BCUT2D eigenvalue weighted by atomic mass is 35.5. The molecule has 166 valence electrons. The van der Waals surface area contributed by atoms with E-state index < -0.39 is 5.91 Å². The second kappa shape index (κ2) is 11.6. The molecule has 6 nitrogen and oxygen atoms in total. The first-order valence-electron chi connectivity index (χ1n) is 9.39. The molecule has 0 saturated heterocycles. The Kier molecular flexibility index (Phi) is 8.62. The molecule has 0 spiro atoms. The Hall–Kier alpha value is -2.93. The molecule has 0 fully saturated rings. The standard InChI is InChI=1S/C23H19Cl3N2O4/c1-30-22-10-15(2-9-21(22)32-13-16-3-4-18(25)11-20(16)26)12-27-28-23(29)14-31-19-7-5-17(24)6-8-19/h2-12H,13-14H2,1H3,(H,28,29)/b27-12-. The number of hydrogen-bond acceptors (Lipinski definition) is 5. The zero-order valence-corrected chi connectivity index (χ0v) is 19.2. The maximum absolute atomic E-state index is 11.9. The molecule has 9 heteroatoms. The minimum absolute atomic E-state index is 0.178. The first-order chi connectivity index (χ1) is 15.4. The maximum atomic E-state index is 11.9. The first-order valence-corrected chi connectivity index (χ1v) is 10.5. The third-order valence-corrected chi connectivity index (χ3v) is 5.01. The number of carbonyl (C=O) groups excluding carboxylic acids is 1. The first kappa shape index (κ1) is 23.7. The lowest BCUT2D eigenvalue weighted by Crippen LogP contribution is -2.24. The number of hydrazone groups is 1. The van der Waals surface area contributed by atoms with Crippen LogP contribution in [0.25, 0.3) is 0 Å². The summed E-state index contributed by atoms with van der Waals surface area (Å²) in [4.78, 5) is 11.9. The van der Waals surface area contributed by atoms with Gasteiger partial charge >= 0.3 is 0 Å². The van der Waals surface area contributed by atoms with Gasteiger partial charge in [-0.1, -0.05) is 40.9 Å². The lowest BCUT2D eigenvalue weighted by Gasteiger charge is -2.12. The number of ether oxygens (including phenoxy) is 3. The molecule has 1 amide bonds. The Morgan fingerprint density at radius 3 is 2.41 bits per heavy atom. The van der Waals surface area contributed by atoms with Gasteiger partial charge in [-0.05, 0) is 60.2 Å². The molecule has 0 aliphatic heterocycles. The van der Waals surface area contributed by atoms with Gasteiger partial charge in [-0.3, -0.25) is 4.79 Å². The van der Waals surface area contributed by atoms with Crippen molar-refractivity contribution >= 4 is 46.9 Å². The molecule has 32 heavy (non-hydrogen) atoms. The number of benzene rings is 3. The van der Waals surface area contributed by atoms with Crippen LogP contribution in [-0.2, 0) is 11.4 Å². The van der Waals surface area contributed by atoms with Gasteiger partial charge < -0.3 is 14.2 Å². The number of hydrogen-bond donors (Lipinski definition) is 1. The Labute approximate surface area is 200 Å². The van der Waals surface area contributed by atoms with Gasteiger partial charge in [0.2, 0.25) is 0 Å². The number of methoxy groups -OCH3 is 1. The van der Waals surface area contributed by atoms with Crippen molar-refractivity contribution in [1.29, 1.82) is 0 Å². The van der Waals surface area contributed by atoms with Crippen molar-refractivity contribution in [3.05, 3.63) is 86.9 Å². The molecule has 0 aromatic heterocycles. The van der Waals surface area contributed by atoms with Crippen LogP contribution in [0.3, 0.4) is 0 Å². The molecule has 0 aliphatic rings. The van der Waals surface area contributed by atoms with Crippen LogP contribution in [0.15, 0.2) is 65.8 Å². The van der Waals surface area contributed by atoms with Gasteiger partial charge in [0.25, 0.3) is 5.91 Å². The highest BCUT2D eigenvalue weighted by molar-refractivity contribution is 6.35. The fourth-order valence-corrected chi connectivity index (χ4v) is 3.16. The summed E-state index contributed by atoms with van der Waals surface area (Å²) in [6.45, 7) is 0.0752. The summed E-state index contributed by atoms with van der Waals surface area (Å²) in [6, 6.07) is 17.2. The molecular formula is C23H19Cl3N2O4. The summed E-state index contributed by atoms with van der Waals surface area (Å²) in [5, 5.41) is 5.61. The third-order valence-electron chi connectivity index (χ3n) is 4.17. The molecule has 0 radical (unpaired) electrons. The van der Waals surface area contributed by atoms with Crippen molar-refractivity contribution in [2.75, 3.05) is 13.7 Å². The smallest absolute Gasteiger partial charge is 0.277 e. The molecule has 0 bridgehead atoms. The van der Waals surface area contributed by atoms with Crippen LogP contribution in [0, 0.1) is 0 Å². The van der Waals surface area contributed by atoms with E-state index in [2.05, 4.69) is 10.5 Å². The van der Waals surface area contributed by atoms with E-state index in [1.165, 1.54) is 13.3 Å². The van der Waals surface area contributed by atoms with Crippen LogP contribution in [0.1, 0.15) is 11.1 Å². The highest BCUT2D eigenvalue weighted by Gasteiger charge is 2.08. The lowest BCUT2D eigenvalue weighted by atomic mass is 10.2. The van der Waals surface area contributed by atoms with Gasteiger partial charge in [0.15, 0.2) is 18.1 Å². The summed E-state index contributed by atoms with van der Waals surface area (Å²) in [7, 11) is 1.54. The van der Waals surface area contributed by atoms with Crippen LogP contribution in [-0.4, -0.2) is 25.8 Å². The van der Waals surface area contributed by atoms with Crippen LogP contribution >= 0.6 is 34.8 Å². The lowest BCUT2D eigenvalue weighted by molar-refractivity contribution is -0.123. The summed E-state index contributed by atoms with van der Waals surface area (Å²) >= 11 is 17.9. The van der Waals surface area contributed by atoms with Crippen molar-refractivity contribution in [1.82, 2.24) is 5.43 Å². The van der Waals surface area contributed by atoms with Crippen molar-refractivity contribution in [3.63, 3.8) is 0 Å². The SMILES string of the molecule is COc1cc(/C=N\NC(=O)COc2ccc(Cl)cc2)ccc1OCc1ccc(Cl)cc1Cl. The van der Waals surface area contributed by atoms with Crippen LogP contribution < -0.4 is 19.6 Å². The summed E-state index contributed by atoms with van der Waals surface area (Å²) in [5.41, 5.74) is 3.91. The minimum Gasteiger partial charge on any atom is -0.493 e. The third kappa shape index (κ3) is 7.05. The molecule has 3 aromatic carbocycles. The quantitative estimate of drug-likeness (QED) is 0.304. The van der Waals surface area contributed by atoms with Gasteiger partial charge in [-0.2, -0.15) is 5.10 Å². The molecule has 0 unspecified atom stereocenters. The van der Waals surface area contributed by atoms with E-state index in [9.17, 15) is 4.79 Å². The van der Waals surface area contributed by atoms with Gasteiger partial charge in [-0.25, -0.2) is 5.43 Å². The molecule has 0 atom stereocenters. The van der Waals surface area contributed by atoms with E-state index in [0.717, 1.165) is 5.56 Å². The van der Waals surface area contributed by atoms with Gasteiger partial charge in [0, 0.05) is 20.6 Å². The van der Waals surface area contributed by atoms with E-state index >= 15 is 0 Å². The fraction of sp³-hybridized carbons (Fsp3) is 0.130. The Balaban J connectivity index is 1.53. The van der Waals surface area contributed by atoms with E-state index in [4.69, 9.17) is 49.0 Å². The molecule has 0 saturated carbocycles. The second-order valence-electron chi connectivity index (χ2n) is 6.47. The Morgan fingerprint density at radius 1 is 0.938 bits per heavy atom. The Morgan fingerprint density at radius 2 is 1.69 bits per heavy atom. The average Bonchev–Trinajstić information content (AvgIpc) is 2.78. The van der Waals surface area contributed by atoms with Gasteiger partial charge in [0.05, 0.1) is 13.3 Å². The largest absolute Gasteiger partial charge is 0.493 e. The molecule has 3 aromatic rings. The molecule has 3 rings (SSSR count). The zero-order valence-electron chi connectivity index (χ0n) is 17.0. The van der Waals surface area contributed by atoms with Crippen LogP contribution in [0.4, 0.5) is 0 Å². The van der Waals surface area contributed by atoms with E-state index in [0.29, 0.717) is 37.9 Å². The van der Waals surface area contributed by atoms with Gasteiger partial charge in [0.1, 0.15) is 12.4 Å². The molecule has 1 N–H and O–H groups in total. The van der Waals surface area contributed by atoms with Crippen molar-refractivity contribution in [2.45, 2.75) is 6.61 Å². The number of carbonyl (C=O) groups is 1.